The van der Waals surface area contributed by atoms with E-state index in [1.807, 2.05) is 5.43 Å². The van der Waals surface area contributed by atoms with Crippen LogP contribution in [0.15, 0.2) is 33.9 Å². The first kappa shape index (κ1) is 12.3. The van der Waals surface area contributed by atoms with Crippen molar-refractivity contribution in [1.29, 1.82) is 0 Å². The summed E-state index contributed by atoms with van der Waals surface area (Å²) in [6.45, 7) is 0.206. The molecule has 0 fully saturated rings. The molecule has 94 valence electrons. The first-order valence-corrected chi connectivity index (χ1v) is 5.81. The maximum Gasteiger partial charge on any atom is 0.275 e. The third kappa shape index (κ3) is 2.55. The van der Waals surface area contributed by atoms with E-state index in [0.717, 1.165) is 4.88 Å². The molecule has 0 aliphatic carbocycles. The van der Waals surface area contributed by atoms with Crippen molar-refractivity contribution in [3.05, 3.63) is 54.7 Å². The normalized spacial score (nSPS) is 10.3. The van der Waals surface area contributed by atoms with Crippen LogP contribution in [0.3, 0.4) is 0 Å². The van der Waals surface area contributed by atoms with Gasteiger partial charge in [0, 0.05) is 17.0 Å². The van der Waals surface area contributed by atoms with Gasteiger partial charge < -0.3 is 0 Å². The average Bonchev–Trinajstić information content (AvgIpc) is 2.81. The molecule has 0 saturated heterocycles. The molecular formula is C10H10N4O3S. The minimum absolute atomic E-state index is 0.206. The topological polar surface area (TPSA) is 110 Å². The zero-order valence-electron chi connectivity index (χ0n) is 9.17. The quantitative estimate of drug-likeness (QED) is 0.385. The van der Waals surface area contributed by atoms with Crippen molar-refractivity contribution >= 4 is 17.2 Å². The minimum Gasteiger partial charge on any atom is -0.289 e. The predicted molar refractivity (Wildman–Crippen MR) is 66.4 cm³/mol. The van der Waals surface area contributed by atoms with Crippen LogP contribution < -0.4 is 22.4 Å². The number of aromatic nitrogens is 2. The van der Waals surface area contributed by atoms with E-state index >= 15 is 0 Å². The lowest BCUT2D eigenvalue weighted by molar-refractivity contribution is 0.0957. The highest BCUT2D eigenvalue weighted by molar-refractivity contribution is 7.14. The summed E-state index contributed by atoms with van der Waals surface area (Å²) in [7, 11) is 0. The van der Waals surface area contributed by atoms with Crippen LogP contribution in [-0.2, 0) is 6.54 Å². The number of nitrogens with one attached hydrogen (secondary N) is 2. The van der Waals surface area contributed by atoms with E-state index in [4.69, 9.17) is 5.84 Å². The molecule has 0 saturated carbocycles. The van der Waals surface area contributed by atoms with Crippen LogP contribution in [0.25, 0.3) is 0 Å². The second kappa shape index (κ2) is 4.98. The third-order valence-corrected chi connectivity index (χ3v) is 3.29. The Balaban J connectivity index is 2.26. The number of H-pyrrole nitrogens is 1. The molecular weight excluding hydrogens is 256 g/mol. The number of nitrogens with two attached hydrogens (primary N) is 1. The minimum atomic E-state index is -0.389. The highest BCUT2D eigenvalue weighted by Crippen LogP contribution is 2.16. The summed E-state index contributed by atoms with van der Waals surface area (Å²) in [4.78, 5) is 35.0. The second-order valence-corrected chi connectivity index (χ2v) is 4.64. The van der Waals surface area contributed by atoms with Crippen molar-refractivity contribution in [3.63, 3.8) is 0 Å². The summed E-state index contributed by atoms with van der Waals surface area (Å²) < 4.78 is 1.18. The molecule has 1 amide bonds. The van der Waals surface area contributed by atoms with Gasteiger partial charge in [-0.2, -0.15) is 0 Å². The number of nitrogen functional groups attached to an aromatic ring is 1. The van der Waals surface area contributed by atoms with Crippen molar-refractivity contribution in [3.8, 4) is 0 Å². The van der Waals surface area contributed by atoms with Gasteiger partial charge in [-0.05, 0) is 12.1 Å². The smallest absolute Gasteiger partial charge is 0.275 e. The number of hydrazine groups is 1. The maximum absolute atomic E-state index is 11.5. The lowest BCUT2D eigenvalue weighted by Gasteiger charge is -2.01. The largest absolute Gasteiger partial charge is 0.289 e. The number of hydrogen-bond donors (Lipinski definition) is 3. The Morgan fingerprint density at radius 1 is 1.33 bits per heavy atom. The Morgan fingerprint density at radius 2 is 2.11 bits per heavy atom. The zero-order chi connectivity index (χ0) is 13.1. The highest BCUT2D eigenvalue weighted by Gasteiger charge is 2.08. The number of carbonyl (C=O) groups is 1. The van der Waals surface area contributed by atoms with Crippen molar-refractivity contribution in [2.45, 2.75) is 6.54 Å². The van der Waals surface area contributed by atoms with E-state index in [2.05, 4.69) is 5.10 Å². The molecule has 0 bridgehead atoms. The Bertz CT molecular complexity index is 685. The van der Waals surface area contributed by atoms with Crippen molar-refractivity contribution in [1.82, 2.24) is 15.2 Å². The molecule has 0 aromatic carbocycles. The summed E-state index contributed by atoms with van der Waals surface area (Å²) in [5.41, 5.74) is 1.36. The SMILES string of the molecule is NNC(=O)c1ccc(Cn2[nH]c(=O)ccc2=O)s1. The Kier molecular flexibility index (Phi) is 3.40. The first-order chi connectivity index (χ1) is 8.60. The monoisotopic (exact) mass is 266 g/mol. The zero-order valence-corrected chi connectivity index (χ0v) is 9.99. The molecule has 7 nitrogen and oxygen atoms in total. The molecule has 2 rings (SSSR count). The van der Waals surface area contributed by atoms with Crippen molar-refractivity contribution in [2.75, 3.05) is 0 Å². The van der Waals surface area contributed by atoms with Gasteiger partial charge in [0.1, 0.15) is 0 Å². The summed E-state index contributed by atoms with van der Waals surface area (Å²) >= 11 is 1.20. The summed E-state index contributed by atoms with van der Waals surface area (Å²) in [5, 5.41) is 2.41. The molecule has 0 aliphatic heterocycles. The Labute approximate surface area is 105 Å². The van der Waals surface area contributed by atoms with Gasteiger partial charge in [-0.25, -0.2) is 10.5 Å². The van der Waals surface area contributed by atoms with E-state index in [0.29, 0.717) is 4.88 Å². The molecule has 0 spiro atoms. The standard InChI is InChI=1S/C10H10N4O3S/c11-12-10(17)7-2-1-6(18-7)5-14-9(16)4-3-8(15)13-14/h1-4H,5,11H2,(H,12,17)(H,13,15). The number of nitrogens with zero attached hydrogens (tertiary/aromatic N) is 1. The van der Waals surface area contributed by atoms with Crippen LogP contribution in [0.1, 0.15) is 14.5 Å². The van der Waals surface area contributed by atoms with E-state index in [1.54, 1.807) is 12.1 Å². The van der Waals surface area contributed by atoms with Crippen LogP contribution in [-0.4, -0.2) is 15.7 Å². The summed E-state index contributed by atoms with van der Waals surface area (Å²) in [6, 6.07) is 5.67. The van der Waals surface area contributed by atoms with Crippen molar-refractivity contribution < 1.29 is 4.79 Å². The van der Waals surface area contributed by atoms with Gasteiger partial charge >= 0.3 is 0 Å². The molecule has 8 heteroatoms. The predicted octanol–water partition coefficient (Wildman–Crippen LogP) is -0.750. The van der Waals surface area contributed by atoms with E-state index < -0.39 is 0 Å². The van der Waals surface area contributed by atoms with Gasteiger partial charge in [0.2, 0.25) is 0 Å². The van der Waals surface area contributed by atoms with Crippen LogP contribution in [0.4, 0.5) is 0 Å². The molecule has 18 heavy (non-hydrogen) atoms. The number of amides is 1. The van der Waals surface area contributed by atoms with Crippen LogP contribution in [0.5, 0.6) is 0 Å². The summed E-state index contributed by atoms with van der Waals surface area (Å²) in [6.07, 6.45) is 0. The van der Waals surface area contributed by atoms with Crippen LogP contribution in [0.2, 0.25) is 0 Å². The molecule has 4 N–H and O–H groups in total. The molecule has 0 atom stereocenters. The Hall–Kier alpha value is -2.19. The van der Waals surface area contributed by atoms with Crippen LogP contribution >= 0.6 is 11.3 Å². The van der Waals surface area contributed by atoms with Gasteiger partial charge in [0.25, 0.3) is 17.0 Å². The lowest BCUT2D eigenvalue weighted by Crippen LogP contribution is -2.29. The number of thiophene rings is 1. The maximum atomic E-state index is 11.5. The third-order valence-electron chi connectivity index (χ3n) is 2.22. The molecule has 2 heterocycles. The number of rotatable bonds is 3. The van der Waals surface area contributed by atoms with E-state index in [-0.39, 0.29) is 23.6 Å². The molecule has 0 aliphatic rings. The van der Waals surface area contributed by atoms with Gasteiger partial charge in [-0.15, -0.1) is 11.3 Å². The van der Waals surface area contributed by atoms with Gasteiger partial charge in [0.15, 0.2) is 0 Å². The lowest BCUT2D eigenvalue weighted by atomic mass is 10.4. The fraction of sp³-hybridized carbons (Fsp3) is 0.100. The van der Waals surface area contributed by atoms with Crippen LogP contribution in [0, 0.1) is 0 Å². The first-order valence-electron chi connectivity index (χ1n) is 5.00. The molecule has 0 radical (unpaired) electrons. The summed E-state index contributed by atoms with van der Waals surface area (Å²) in [5.74, 6) is 4.63. The van der Waals surface area contributed by atoms with Gasteiger partial charge in [-0.3, -0.25) is 24.9 Å². The fourth-order valence-electron chi connectivity index (χ4n) is 1.39. The molecule has 0 unspecified atom stereocenters. The number of hydrogen-bond acceptors (Lipinski definition) is 5. The van der Waals surface area contributed by atoms with Crippen molar-refractivity contribution in [2.24, 2.45) is 5.84 Å². The van der Waals surface area contributed by atoms with E-state index in [9.17, 15) is 14.4 Å². The second-order valence-electron chi connectivity index (χ2n) is 3.47. The van der Waals surface area contributed by atoms with E-state index in [1.165, 1.54) is 28.2 Å². The van der Waals surface area contributed by atoms with Gasteiger partial charge in [-0.1, -0.05) is 0 Å². The number of aromatic amines is 1. The Morgan fingerprint density at radius 3 is 2.83 bits per heavy atom. The fourth-order valence-corrected chi connectivity index (χ4v) is 2.29. The molecule has 2 aromatic heterocycles. The highest BCUT2D eigenvalue weighted by atomic mass is 32.1. The number of carbonyl (C=O) groups excluding carboxylic acids is 1. The van der Waals surface area contributed by atoms with Gasteiger partial charge in [0.05, 0.1) is 11.4 Å². The molecule has 2 aromatic rings. The average molecular weight is 266 g/mol.